The van der Waals surface area contributed by atoms with Gasteiger partial charge in [0.15, 0.2) is 0 Å². The molecule has 5 amide bonds. The zero-order chi connectivity index (χ0) is 37.2. The third kappa shape index (κ3) is 8.19. The van der Waals surface area contributed by atoms with Gasteiger partial charge in [0.25, 0.3) is 5.91 Å². The Balaban J connectivity index is 1.24. The summed E-state index contributed by atoms with van der Waals surface area (Å²) in [6.07, 6.45) is 7.37. The minimum absolute atomic E-state index is 0.00237. The molecular weight excluding hydrogens is 699 g/mol. The van der Waals surface area contributed by atoms with E-state index in [0.29, 0.717) is 24.0 Å². The molecule has 0 bridgehead atoms. The maximum atomic E-state index is 14.4. The van der Waals surface area contributed by atoms with Crippen molar-refractivity contribution in [3.8, 4) is 0 Å². The van der Waals surface area contributed by atoms with Gasteiger partial charge in [-0.15, -0.1) is 0 Å². The summed E-state index contributed by atoms with van der Waals surface area (Å²) in [5.41, 5.74) is -0.564. The monoisotopic (exact) mass is 746 g/mol. The van der Waals surface area contributed by atoms with Gasteiger partial charge in [-0.2, -0.15) is 12.7 Å². The van der Waals surface area contributed by atoms with E-state index in [4.69, 9.17) is 9.47 Å². The highest BCUT2D eigenvalue weighted by Gasteiger charge is 2.62. The zero-order valence-electron chi connectivity index (χ0n) is 29.5. The lowest BCUT2D eigenvalue weighted by Gasteiger charge is -2.30. The van der Waals surface area contributed by atoms with E-state index in [0.717, 1.165) is 42.8 Å². The summed E-state index contributed by atoms with van der Waals surface area (Å²) in [4.78, 5) is 71.0. The smallest absolute Gasteiger partial charge is 0.410 e. The highest BCUT2D eigenvalue weighted by atomic mass is 32.2. The molecule has 5 atom stereocenters. The van der Waals surface area contributed by atoms with Gasteiger partial charge in [0, 0.05) is 38.5 Å². The van der Waals surface area contributed by atoms with Crippen LogP contribution in [0.5, 0.6) is 0 Å². The number of carbonyl (C=O) groups excluding carboxylic acids is 5. The summed E-state index contributed by atoms with van der Waals surface area (Å²) in [7, 11) is -1.66. The van der Waals surface area contributed by atoms with Gasteiger partial charge in [0.2, 0.25) is 11.8 Å². The molecule has 1 aromatic rings. The molecule has 3 fully saturated rings. The number of ether oxygens (including phenoxy) is 2. The first-order valence-electron chi connectivity index (χ1n) is 18.0. The van der Waals surface area contributed by atoms with E-state index < -0.39 is 75.6 Å². The number of hydrogen-bond acceptors (Lipinski definition) is 9. The molecule has 3 heterocycles. The lowest BCUT2D eigenvalue weighted by molar-refractivity contribution is -0.141. The fourth-order valence-electron chi connectivity index (χ4n) is 7.53. The summed E-state index contributed by atoms with van der Waals surface area (Å²) >= 11 is 0. The first-order valence-corrected chi connectivity index (χ1v) is 19.4. The van der Waals surface area contributed by atoms with Gasteiger partial charge in [0.1, 0.15) is 35.6 Å². The van der Waals surface area contributed by atoms with Crippen molar-refractivity contribution in [2.45, 2.75) is 114 Å². The van der Waals surface area contributed by atoms with Crippen molar-refractivity contribution < 1.29 is 46.3 Å². The van der Waals surface area contributed by atoms with E-state index in [1.54, 1.807) is 18.2 Å². The Morgan fingerprint density at radius 3 is 2.48 bits per heavy atom. The highest BCUT2D eigenvalue weighted by Crippen LogP contribution is 2.46. The number of carbonyl (C=O) groups is 5. The maximum absolute atomic E-state index is 14.4. The highest BCUT2D eigenvalue weighted by molar-refractivity contribution is 7.87. The second-order valence-electron chi connectivity index (χ2n) is 14.5. The van der Waals surface area contributed by atoms with E-state index in [1.807, 2.05) is 10.8 Å². The Morgan fingerprint density at radius 1 is 1.00 bits per heavy atom. The molecule has 0 aromatic heterocycles. The third-order valence-corrected chi connectivity index (χ3v) is 12.1. The fourth-order valence-corrected chi connectivity index (χ4v) is 8.12. The number of benzene rings is 1. The largest absolute Gasteiger partial charge is 0.446 e. The van der Waals surface area contributed by atoms with Crippen LogP contribution in [0.3, 0.4) is 0 Å². The van der Waals surface area contributed by atoms with Crippen LogP contribution in [0.15, 0.2) is 30.4 Å². The number of nitrogens with one attached hydrogen (secondary N) is 3. The number of halogens is 1. The number of hydrogen-bond donors (Lipinski definition) is 3. The number of fused-ring (bicyclic) bond motifs is 3. The molecule has 15 nitrogen and oxygen atoms in total. The number of alkyl carbamates (subject to hydrolysis) is 1. The molecule has 3 aliphatic heterocycles. The van der Waals surface area contributed by atoms with Gasteiger partial charge in [-0.25, -0.2) is 18.7 Å². The van der Waals surface area contributed by atoms with Gasteiger partial charge in [-0.05, 0) is 63.0 Å². The van der Waals surface area contributed by atoms with Gasteiger partial charge in [-0.1, -0.05) is 37.1 Å². The molecule has 17 heteroatoms. The van der Waals surface area contributed by atoms with Gasteiger partial charge >= 0.3 is 22.4 Å². The molecule has 284 valence electrons. The van der Waals surface area contributed by atoms with Crippen LogP contribution in [0.1, 0.15) is 81.8 Å². The average Bonchev–Trinajstić information content (AvgIpc) is 3.52. The molecule has 0 unspecified atom stereocenters. The van der Waals surface area contributed by atoms with E-state index in [-0.39, 0.29) is 45.0 Å². The Bertz CT molecular complexity index is 1720. The lowest BCUT2D eigenvalue weighted by Crippen LogP contribution is -2.58. The van der Waals surface area contributed by atoms with E-state index in [1.165, 1.54) is 30.0 Å². The molecule has 52 heavy (non-hydrogen) atoms. The minimum Gasteiger partial charge on any atom is -0.446 e. The number of amides is 5. The predicted molar refractivity (Wildman–Crippen MR) is 184 cm³/mol. The third-order valence-electron chi connectivity index (χ3n) is 10.7. The fraction of sp³-hybridized carbons (Fsp3) is 0.629. The number of nitrogens with zero attached hydrogens (tertiary/aromatic N) is 3. The molecule has 0 spiro atoms. The normalized spacial score (nSPS) is 28.8. The van der Waals surface area contributed by atoms with E-state index in [9.17, 15) is 36.8 Å². The predicted octanol–water partition coefficient (Wildman–Crippen LogP) is 2.60. The molecule has 2 saturated carbocycles. The van der Waals surface area contributed by atoms with Crippen LogP contribution in [-0.4, -0.2) is 103 Å². The second kappa shape index (κ2) is 15.4. The zero-order valence-corrected chi connectivity index (χ0v) is 30.3. The second-order valence-corrected chi connectivity index (χ2v) is 16.4. The van der Waals surface area contributed by atoms with E-state index >= 15 is 0 Å². The van der Waals surface area contributed by atoms with Crippen molar-refractivity contribution in [2.75, 3.05) is 20.6 Å². The van der Waals surface area contributed by atoms with Crippen molar-refractivity contribution in [1.82, 2.24) is 29.5 Å². The maximum Gasteiger partial charge on any atom is 0.410 e. The number of allylic oxidation sites excluding steroid dienone is 1. The quantitative estimate of drug-likeness (QED) is 0.369. The first-order chi connectivity index (χ1) is 24.8. The molecule has 1 saturated heterocycles. The van der Waals surface area contributed by atoms with Crippen LogP contribution in [-0.2, 0) is 47.2 Å². The summed E-state index contributed by atoms with van der Waals surface area (Å²) < 4.78 is 54.0. The van der Waals surface area contributed by atoms with Gasteiger partial charge in [0.05, 0.1) is 13.1 Å². The van der Waals surface area contributed by atoms with Crippen LogP contribution in [0, 0.1) is 11.7 Å². The van der Waals surface area contributed by atoms with Crippen LogP contribution < -0.4 is 15.4 Å². The van der Waals surface area contributed by atoms with Crippen LogP contribution in [0.4, 0.5) is 14.0 Å². The van der Waals surface area contributed by atoms with Crippen molar-refractivity contribution in [3.05, 3.63) is 47.3 Å². The Labute approximate surface area is 302 Å². The van der Waals surface area contributed by atoms with Crippen molar-refractivity contribution in [1.29, 1.82) is 0 Å². The van der Waals surface area contributed by atoms with Crippen LogP contribution in [0.2, 0.25) is 0 Å². The van der Waals surface area contributed by atoms with Gasteiger partial charge < -0.3 is 25.0 Å². The minimum atomic E-state index is -4.19. The first kappa shape index (κ1) is 37.5. The van der Waals surface area contributed by atoms with Crippen molar-refractivity contribution in [2.24, 2.45) is 5.92 Å². The summed E-state index contributed by atoms with van der Waals surface area (Å²) in [6.45, 7) is -0.0640. The Hall–Kier alpha value is -4.25. The summed E-state index contributed by atoms with van der Waals surface area (Å²) in [5.74, 6) is -3.17. The van der Waals surface area contributed by atoms with E-state index in [2.05, 4.69) is 10.6 Å². The molecule has 3 N–H and O–H groups in total. The summed E-state index contributed by atoms with van der Waals surface area (Å²) in [5, 5.41) is 5.48. The molecule has 1 aromatic carbocycles. The van der Waals surface area contributed by atoms with Crippen molar-refractivity contribution in [3.63, 3.8) is 0 Å². The molecule has 2 aliphatic carbocycles. The standard InChI is InChI=1S/C35H47FN6O9S/c1-40(2)52(48,49)39-32(45)35-18-23(35)12-6-4-3-5-7-16-28(37-33(46)50-24-13-8-9-14-24)31(44)42-20-25(17-29(42)30(43)38-35)51-34(47)41-19-22-11-10-15-27(36)26(22)21-41/h6,10-12,15,23-25,28-29H,3-5,7-9,13-14,16-21H2,1-2H3,(H,37,46)(H,38,43)(H,39,45)/b12-6-/t23-,25-,28+,29+,35-/m1/s1. The molecule has 5 aliphatic rings. The van der Waals surface area contributed by atoms with Gasteiger partial charge in [-0.3, -0.25) is 19.3 Å². The molecular formula is C35H47FN6O9S. The Kier molecular flexibility index (Phi) is 11.1. The number of rotatable bonds is 6. The van der Waals surface area contributed by atoms with Crippen LogP contribution in [0.25, 0.3) is 0 Å². The van der Waals surface area contributed by atoms with Crippen molar-refractivity contribution >= 4 is 40.1 Å². The molecule has 6 rings (SSSR count). The lowest BCUT2D eigenvalue weighted by atomic mass is 10.0. The van der Waals surface area contributed by atoms with Crippen LogP contribution >= 0.6 is 0 Å². The summed E-state index contributed by atoms with van der Waals surface area (Å²) in [6, 6.07) is 2.32. The molecule has 0 radical (unpaired) electrons. The Morgan fingerprint density at radius 2 is 1.75 bits per heavy atom. The average molecular weight is 747 g/mol. The SMILES string of the molecule is CN(C)S(=O)(=O)NC(=O)[C@@]12C[C@H]1/C=C\CCCCC[C@H](NC(=O)OC1CCCC1)C(=O)N1C[C@H](OC(=O)N3Cc4cccc(F)c4C3)C[C@H]1C(=O)N2. The topological polar surface area (TPSA) is 184 Å².